The zero-order valence-corrected chi connectivity index (χ0v) is 25.2. The van der Waals surface area contributed by atoms with Crippen molar-refractivity contribution in [3.8, 4) is 5.75 Å². The summed E-state index contributed by atoms with van der Waals surface area (Å²) in [5, 5.41) is 5.76. The highest BCUT2D eigenvalue weighted by atomic mass is 32.2. The summed E-state index contributed by atoms with van der Waals surface area (Å²) in [5.74, 6) is 0.666. The van der Waals surface area contributed by atoms with E-state index in [9.17, 15) is 14.4 Å². The SMILES string of the molecule is CCCN(C(=O)C(CCSC)NC(=O)OC(C)(C)C)C(C(=O)Nc1ccc(OC)cc1)c1c(C)cccc1C. The molecule has 2 atom stereocenters. The number of nitrogens with one attached hydrogen (secondary N) is 2. The van der Waals surface area contributed by atoms with Gasteiger partial charge < -0.3 is 25.0 Å². The van der Waals surface area contributed by atoms with E-state index in [1.165, 1.54) is 0 Å². The van der Waals surface area contributed by atoms with Gasteiger partial charge in [0.25, 0.3) is 5.91 Å². The predicted octanol–water partition coefficient (Wildman–Crippen LogP) is 5.88. The average molecular weight is 558 g/mol. The van der Waals surface area contributed by atoms with Crippen molar-refractivity contribution in [3.05, 3.63) is 59.2 Å². The Labute approximate surface area is 237 Å². The summed E-state index contributed by atoms with van der Waals surface area (Å²) in [4.78, 5) is 42.4. The van der Waals surface area contributed by atoms with E-state index in [1.807, 2.05) is 45.2 Å². The standard InChI is InChI=1S/C30H43N3O5S/c1-9-18-33(28(35)24(17-19-39-8)32-29(36)38-30(4,5)6)26(25-20(2)11-10-12-21(25)3)27(34)31-22-13-15-23(37-7)16-14-22/h10-16,24,26H,9,17-19H2,1-8H3,(H,31,34)(H,32,36). The van der Waals surface area contributed by atoms with Gasteiger partial charge in [0.2, 0.25) is 5.91 Å². The van der Waals surface area contributed by atoms with Gasteiger partial charge in [-0.25, -0.2) is 4.79 Å². The Bertz CT molecular complexity index is 1090. The second-order valence-electron chi connectivity index (χ2n) is 10.4. The van der Waals surface area contributed by atoms with E-state index in [1.54, 1.807) is 68.8 Å². The molecule has 2 aromatic rings. The summed E-state index contributed by atoms with van der Waals surface area (Å²) in [6, 6.07) is 11.1. The number of hydrogen-bond acceptors (Lipinski definition) is 6. The van der Waals surface area contributed by atoms with Crippen molar-refractivity contribution in [3.63, 3.8) is 0 Å². The van der Waals surface area contributed by atoms with Gasteiger partial charge >= 0.3 is 6.09 Å². The summed E-state index contributed by atoms with van der Waals surface area (Å²) >= 11 is 1.58. The Balaban J connectivity index is 2.53. The van der Waals surface area contributed by atoms with E-state index in [0.29, 0.717) is 36.6 Å². The third-order valence-electron chi connectivity index (χ3n) is 6.08. The molecule has 2 unspecified atom stereocenters. The van der Waals surface area contributed by atoms with Crippen molar-refractivity contribution in [1.82, 2.24) is 10.2 Å². The van der Waals surface area contributed by atoms with E-state index in [4.69, 9.17) is 9.47 Å². The van der Waals surface area contributed by atoms with Crippen LogP contribution in [0, 0.1) is 13.8 Å². The fourth-order valence-electron chi connectivity index (χ4n) is 4.32. The van der Waals surface area contributed by atoms with Gasteiger partial charge in [-0.05, 0) is 100 Å². The summed E-state index contributed by atoms with van der Waals surface area (Å²) in [7, 11) is 1.58. The molecule has 39 heavy (non-hydrogen) atoms. The fourth-order valence-corrected chi connectivity index (χ4v) is 4.79. The van der Waals surface area contributed by atoms with E-state index in [2.05, 4.69) is 10.6 Å². The van der Waals surface area contributed by atoms with Crippen LogP contribution in [0.5, 0.6) is 5.75 Å². The fraction of sp³-hybridized carbons (Fsp3) is 0.500. The molecule has 0 radical (unpaired) electrons. The van der Waals surface area contributed by atoms with Crippen molar-refractivity contribution in [2.75, 3.05) is 31.0 Å². The van der Waals surface area contributed by atoms with Crippen LogP contribution in [0.3, 0.4) is 0 Å². The van der Waals surface area contributed by atoms with E-state index in [0.717, 1.165) is 16.7 Å². The lowest BCUT2D eigenvalue weighted by atomic mass is 9.93. The number of methoxy groups -OCH3 is 1. The van der Waals surface area contributed by atoms with Crippen LogP contribution in [-0.4, -0.2) is 60.1 Å². The Morgan fingerprint density at radius 2 is 1.64 bits per heavy atom. The summed E-state index contributed by atoms with van der Waals surface area (Å²) < 4.78 is 10.7. The number of amides is 3. The number of nitrogens with zero attached hydrogens (tertiary/aromatic N) is 1. The van der Waals surface area contributed by atoms with Crippen molar-refractivity contribution in [2.45, 2.75) is 72.1 Å². The molecule has 0 saturated carbocycles. The lowest BCUT2D eigenvalue weighted by molar-refractivity contribution is -0.140. The number of benzene rings is 2. The third-order valence-corrected chi connectivity index (χ3v) is 6.72. The van der Waals surface area contributed by atoms with E-state index in [-0.39, 0.29) is 11.8 Å². The van der Waals surface area contributed by atoms with Gasteiger partial charge in [-0.2, -0.15) is 11.8 Å². The molecule has 0 aliphatic carbocycles. The molecule has 0 saturated heterocycles. The molecule has 0 spiro atoms. The topological polar surface area (TPSA) is 97.0 Å². The molecule has 0 heterocycles. The molecule has 3 amide bonds. The molecule has 2 aromatic carbocycles. The highest BCUT2D eigenvalue weighted by Gasteiger charge is 2.37. The maximum absolute atomic E-state index is 14.2. The first kappa shape index (κ1) is 32.0. The summed E-state index contributed by atoms with van der Waals surface area (Å²) in [5.41, 5.74) is 2.45. The lowest BCUT2D eigenvalue weighted by Crippen LogP contribution is -2.53. The van der Waals surface area contributed by atoms with Crippen molar-refractivity contribution in [1.29, 1.82) is 0 Å². The van der Waals surface area contributed by atoms with Gasteiger partial charge in [0.1, 0.15) is 23.4 Å². The predicted molar refractivity (Wildman–Crippen MR) is 158 cm³/mol. The first-order valence-corrected chi connectivity index (χ1v) is 14.6. The second-order valence-corrected chi connectivity index (χ2v) is 11.4. The second kappa shape index (κ2) is 14.8. The van der Waals surface area contributed by atoms with Gasteiger partial charge in [0.05, 0.1) is 7.11 Å². The van der Waals surface area contributed by atoms with Gasteiger partial charge in [-0.1, -0.05) is 25.1 Å². The van der Waals surface area contributed by atoms with E-state index >= 15 is 0 Å². The third kappa shape index (κ3) is 9.49. The van der Waals surface area contributed by atoms with Crippen molar-refractivity contribution < 1.29 is 23.9 Å². The molecule has 0 bridgehead atoms. The minimum atomic E-state index is -0.905. The van der Waals surface area contributed by atoms with Crippen molar-refractivity contribution >= 4 is 35.4 Å². The van der Waals surface area contributed by atoms with Crippen LogP contribution in [0.15, 0.2) is 42.5 Å². The number of hydrogen-bond donors (Lipinski definition) is 2. The molecule has 0 aromatic heterocycles. The van der Waals surface area contributed by atoms with Gasteiger partial charge in [-0.3, -0.25) is 9.59 Å². The number of rotatable bonds is 12. The number of anilines is 1. The first-order chi connectivity index (χ1) is 18.4. The van der Waals surface area contributed by atoms with Gasteiger partial charge in [-0.15, -0.1) is 0 Å². The molecule has 214 valence electrons. The minimum absolute atomic E-state index is 0.325. The van der Waals surface area contributed by atoms with Crippen LogP contribution < -0.4 is 15.4 Å². The van der Waals surface area contributed by atoms with Gasteiger partial charge in [0.15, 0.2) is 0 Å². The molecule has 0 aliphatic heterocycles. The van der Waals surface area contributed by atoms with Crippen LogP contribution >= 0.6 is 11.8 Å². The number of carbonyl (C=O) groups excluding carboxylic acids is 3. The molecule has 8 nitrogen and oxygen atoms in total. The van der Waals surface area contributed by atoms with Gasteiger partial charge in [0, 0.05) is 12.2 Å². The highest BCUT2D eigenvalue weighted by Crippen LogP contribution is 2.30. The van der Waals surface area contributed by atoms with Crippen LogP contribution in [0.25, 0.3) is 0 Å². The number of alkyl carbamates (subject to hydrolysis) is 1. The number of aryl methyl sites for hydroxylation is 2. The Morgan fingerprint density at radius 1 is 1.03 bits per heavy atom. The van der Waals surface area contributed by atoms with E-state index < -0.39 is 23.8 Å². The summed E-state index contributed by atoms with van der Waals surface area (Å²) in [6.07, 6.45) is 2.31. The zero-order valence-electron chi connectivity index (χ0n) is 24.4. The van der Waals surface area contributed by atoms with Crippen molar-refractivity contribution in [2.24, 2.45) is 0 Å². The molecular weight excluding hydrogens is 514 g/mol. The molecular formula is C30H43N3O5S. The van der Waals surface area contributed by atoms with Crippen LogP contribution in [0.1, 0.15) is 63.3 Å². The number of thioether (sulfide) groups is 1. The molecule has 2 rings (SSSR count). The largest absolute Gasteiger partial charge is 0.497 e. The molecule has 9 heteroatoms. The monoisotopic (exact) mass is 557 g/mol. The molecule has 2 N–H and O–H groups in total. The van der Waals surface area contributed by atoms with Crippen LogP contribution in [0.4, 0.5) is 10.5 Å². The lowest BCUT2D eigenvalue weighted by Gasteiger charge is -2.35. The average Bonchev–Trinajstić information content (AvgIpc) is 2.86. The number of ether oxygens (including phenoxy) is 2. The number of carbonyl (C=O) groups is 3. The normalized spacial score (nSPS) is 12.7. The van der Waals surface area contributed by atoms with Crippen LogP contribution in [-0.2, 0) is 14.3 Å². The molecule has 0 aliphatic rings. The first-order valence-electron chi connectivity index (χ1n) is 13.2. The maximum Gasteiger partial charge on any atom is 0.408 e. The zero-order chi connectivity index (χ0) is 29.2. The summed E-state index contributed by atoms with van der Waals surface area (Å²) in [6.45, 7) is 11.5. The Hall–Kier alpha value is -3.20. The van der Waals surface area contributed by atoms with Crippen LogP contribution in [0.2, 0.25) is 0 Å². The maximum atomic E-state index is 14.2. The Morgan fingerprint density at radius 3 is 2.15 bits per heavy atom. The molecule has 0 fully saturated rings. The Kier molecular flexibility index (Phi) is 12.2. The highest BCUT2D eigenvalue weighted by molar-refractivity contribution is 7.98. The smallest absolute Gasteiger partial charge is 0.408 e. The quantitative estimate of drug-likeness (QED) is 0.338. The minimum Gasteiger partial charge on any atom is -0.497 e.